The molecule has 100 valence electrons. The average Bonchev–Trinajstić information content (AvgIpc) is 2.36. The van der Waals surface area contributed by atoms with E-state index in [4.69, 9.17) is 0 Å². The van der Waals surface area contributed by atoms with Crippen LogP contribution in [-0.2, 0) is 6.54 Å². The third-order valence-electron chi connectivity index (χ3n) is 4.58. The van der Waals surface area contributed by atoms with E-state index in [0.717, 1.165) is 26.2 Å². The van der Waals surface area contributed by atoms with Gasteiger partial charge < -0.3 is 5.32 Å². The molecule has 1 aromatic carbocycles. The van der Waals surface area contributed by atoms with Gasteiger partial charge in [-0.1, -0.05) is 25.1 Å². The van der Waals surface area contributed by atoms with Crippen LogP contribution in [0.15, 0.2) is 18.2 Å². The first kappa shape index (κ1) is 13.6. The first-order valence-electron chi connectivity index (χ1n) is 7.07. The number of hydrogen-bond acceptors (Lipinski definition) is 2. The van der Waals surface area contributed by atoms with E-state index in [9.17, 15) is 0 Å². The molecule has 1 aromatic rings. The Kier molecular flexibility index (Phi) is 4.08. The van der Waals surface area contributed by atoms with Gasteiger partial charge in [0.1, 0.15) is 0 Å². The molecule has 1 N–H and O–H groups in total. The maximum Gasteiger partial charge on any atom is 0.0307 e. The van der Waals surface area contributed by atoms with Gasteiger partial charge in [-0.2, -0.15) is 0 Å². The van der Waals surface area contributed by atoms with Gasteiger partial charge >= 0.3 is 0 Å². The number of aryl methyl sites for hydroxylation is 2. The molecule has 0 aromatic heterocycles. The van der Waals surface area contributed by atoms with Gasteiger partial charge in [0, 0.05) is 31.7 Å². The van der Waals surface area contributed by atoms with Crippen molar-refractivity contribution in [1.29, 1.82) is 0 Å². The van der Waals surface area contributed by atoms with Crippen molar-refractivity contribution in [2.45, 2.75) is 46.2 Å². The van der Waals surface area contributed by atoms with Crippen LogP contribution in [0.4, 0.5) is 0 Å². The number of nitrogens with one attached hydrogen (secondary N) is 1. The van der Waals surface area contributed by atoms with Crippen molar-refractivity contribution < 1.29 is 0 Å². The third-order valence-corrected chi connectivity index (χ3v) is 4.58. The van der Waals surface area contributed by atoms with E-state index in [1.54, 1.807) is 0 Å². The molecule has 0 radical (unpaired) electrons. The molecule has 1 saturated heterocycles. The molecule has 2 nitrogen and oxygen atoms in total. The highest BCUT2D eigenvalue weighted by Gasteiger charge is 2.32. The Morgan fingerprint density at radius 1 is 1.28 bits per heavy atom. The second kappa shape index (κ2) is 5.41. The molecule has 1 heterocycles. The van der Waals surface area contributed by atoms with Gasteiger partial charge in [0.05, 0.1) is 0 Å². The lowest BCUT2D eigenvalue weighted by Crippen LogP contribution is -2.58. The Balaban J connectivity index is 2.22. The highest BCUT2D eigenvalue weighted by molar-refractivity contribution is 5.33. The highest BCUT2D eigenvalue weighted by Crippen LogP contribution is 2.25. The third kappa shape index (κ3) is 2.60. The van der Waals surface area contributed by atoms with Gasteiger partial charge in [-0.15, -0.1) is 0 Å². The van der Waals surface area contributed by atoms with E-state index >= 15 is 0 Å². The molecular weight excluding hydrogens is 220 g/mol. The van der Waals surface area contributed by atoms with E-state index in [2.05, 4.69) is 56.1 Å². The number of benzene rings is 1. The van der Waals surface area contributed by atoms with E-state index in [1.165, 1.54) is 23.1 Å². The second-order valence-corrected chi connectivity index (χ2v) is 5.82. The van der Waals surface area contributed by atoms with E-state index in [-0.39, 0.29) is 0 Å². The molecule has 0 amide bonds. The zero-order valence-electron chi connectivity index (χ0n) is 12.2. The van der Waals surface area contributed by atoms with Crippen molar-refractivity contribution >= 4 is 0 Å². The summed E-state index contributed by atoms with van der Waals surface area (Å²) in [6.45, 7) is 13.6. The summed E-state index contributed by atoms with van der Waals surface area (Å²) in [4.78, 5) is 2.65. The lowest BCUT2D eigenvalue weighted by atomic mass is 9.92. The summed E-state index contributed by atoms with van der Waals surface area (Å²) in [5, 5.41) is 3.53. The molecule has 1 fully saturated rings. The molecule has 2 heteroatoms. The first-order chi connectivity index (χ1) is 8.57. The van der Waals surface area contributed by atoms with E-state index < -0.39 is 0 Å². The summed E-state index contributed by atoms with van der Waals surface area (Å²) < 4.78 is 0. The summed E-state index contributed by atoms with van der Waals surface area (Å²) in [7, 11) is 0. The van der Waals surface area contributed by atoms with E-state index in [1.807, 2.05) is 0 Å². The summed E-state index contributed by atoms with van der Waals surface area (Å²) in [5.41, 5.74) is 4.66. The molecule has 1 atom stereocenters. The van der Waals surface area contributed by atoms with Crippen LogP contribution >= 0.6 is 0 Å². The van der Waals surface area contributed by atoms with Gasteiger partial charge in [0.2, 0.25) is 0 Å². The quantitative estimate of drug-likeness (QED) is 0.882. The summed E-state index contributed by atoms with van der Waals surface area (Å²) in [6, 6.07) is 6.62. The minimum absolute atomic E-state index is 0.299. The zero-order chi connectivity index (χ0) is 13.2. The predicted molar refractivity (Wildman–Crippen MR) is 77.9 cm³/mol. The molecule has 1 aliphatic rings. The fraction of sp³-hybridized carbons (Fsp3) is 0.625. The summed E-state index contributed by atoms with van der Waals surface area (Å²) in [5.74, 6) is 0. The average molecular weight is 246 g/mol. The Labute approximate surface area is 111 Å². The normalized spacial score (nSPS) is 25.3. The minimum atomic E-state index is 0.299. The standard InChI is InChI=1S/C16H26N2/c1-5-16(4)12-17-9-10-18(16)11-15-13(2)7-6-8-14(15)3/h6-8,17H,5,9-12H2,1-4H3. The van der Waals surface area contributed by atoms with Crippen molar-refractivity contribution in [2.75, 3.05) is 19.6 Å². The van der Waals surface area contributed by atoms with Crippen molar-refractivity contribution in [3.8, 4) is 0 Å². The highest BCUT2D eigenvalue weighted by atomic mass is 15.2. The maximum atomic E-state index is 3.53. The van der Waals surface area contributed by atoms with Crippen molar-refractivity contribution in [3.05, 3.63) is 34.9 Å². The molecule has 18 heavy (non-hydrogen) atoms. The van der Waals surface area contributed by atoms with Gasteiger partial charge in [0.15, 0.2) is 0 Å². The van der Waals surface area contributed by atoms with Crippen LogP contribution in [0.5, 0.6) is 0 Å². The summed E-state index contributed by atoms with van der Waals surface area (Å²) >= 11 is 0. The Morgan fingerprint density at radius 2 is 1.94 bits per heavy atom. The van der Waals surface area contributed by atoms with Crippen LogP contribution in [0, 0.1) is 13.8 Å². The lowest BCUT2D eigenvalue weighted by Gasteiger charge is -2.45. The van der Waals surface area contributed by atoms with Gasteiger partial charge in [-0.25, -0.2) is 0 Å². The number of hydrogen-bond donors (Lipinski definition) is 1. The molecule has 0 aliphatic carbocycles. The van der Waals surface area contributed by atoms with Crippen LogP contribution in [0.2, 0.25) is 0 Å². The van der Waals surface area contributed by atoms with Crippen LogP contribution in [0.25, 0.3) is 0 Å². The first-order valence-corrected chi connectivity index (χ1v) is 7.07. The number of piperazine rings is 1. The molecule has 1 unspecified atom stereocenters. The lowest BCUT2D eigenvalue weighted by molar-refractivity contribution is 0.0634. The Morgan fingerprint density at radius 3 is 2.56 bits per heavy atom. The SMILES string of the molecule is CCC1(C)CNCCN1Cc1c(C)cccc1C. The second-order valence-electron chi connectivity index (χ2n) is 5.82. The Bertz CT molecular complexity index is 393. The molecule has 2 rings (SSSR count). The molecule has 0 bridgehead atoms. The zero-order valence-corrected chi connectivity index (χ0v) is 12.2. The monoisotopic (exact) mass is 246 g/mol. The summed E-state index contributed by atoms with van der Waals surface area (Å²) in [6.07, 6.45) is 1.20. The van der Waals surface area contributed by atoms with Crippen molar-refractivity contribution in [3.63, 3.8) is 0 Å². The van der Waals surface area contributed by atoms with Crippen LogP contribution in [-0.4, -0.2) is 30.1 Å². The van der Waals surface area contributed by atoms with Crippen molar-refractivity contribution in [1.82, 2.24) is 10.2 Å². The number of rotatable bonds is 3. The smallest absolute Gasteiger partial charge is 0.0307 e. The molecular formula is C16H26N2. The molecule has 1 aliphatic heterocycles. The molecule has 0 spiro atoms. The largest absolute Gasteiger partial charge is 0.314 e. The van der Waals surface area contributed by atoms with Gasteiger partial charge in [-0.3, -0.25) is 4.90 Å². The Hall–Kier alpha value is -0.860. The van der Waals surface area contributed by atoms with E-state index in [0.29, 0.717) is 5.54 Å². The number of nitrogens with zero attached hydrogens (tertiary/aromatic N) is 1. The fourth-order valence-corrected chi connectivity index (χ4v) is 2.86. The fourth-order valence-electron chi connectivity index (χ4n) is 2.86. The predicted octanol–water partition coefficient (Wildman–Crippen LogP) is 2.88. The van der Waals surface area contributed by atoms with Crippen LogP contribution in [0.3, 0.4) is 0 Å². The maximum absolute atomic E-state index is 3.53. The topological polar surface area (TPSA) is 15.3 Å². The minimum Gasteiger partial charge on any atom is -0.314 e. The van der Waals surface area contributed by atoms with Gasteiger partial charge in [-0.05, 0) is 43.9 Å². The van der Waals surface area contributed by atoms with Gasteiger partial charge in [0.25, 0.3) is 0 Å². The van der Waals surface area contributed by atoms with Crippen LogP contribution in [0.1, 0.15) is 37.0 Å². The van der Waals surface area contributed by atoms with Crippen molar-refractivity contribution in [2.24, 2.45) is 0 Å². The molecule has 0 saturated carbocycles. The van der Waals surface area contributed by atoms with Crippen LogP contribution < -0.4 is 5.32 Å².